The molecule has 0 saturated heterocycles. The molecular weight excluding hydrogens is 322 g/mol. The van der Waals surface area contributed by atoms with E-state index in [1.807, 2.05) is 38.1 Å². The third-order valence-corrected chi connectivity index (χ3v) is 4.21. The summed E-state index contributed by atoms with van der Waals surface area (Å²) in [6.07, 6.45) is 0.396. The Labute approximate surface area is 144 Å². The maximum absolute atomic E-state index is 12.4. The summed E-state index contributed by atoms with van der Waals surface area (Å²) in [6.45, 7) is 5.52. The molecule has 130 valence electrons. The van der Waals surface area contributed by atoms with Gasteiger partial charge in [-0.15, -0.1) is 0 Å². The van der Waals surface area contributed by atoms with Crippen molar-refractivity contribution in [2.45, 2.75) is 33.2 Å². The van der Waals surface area contributed by atoms with Gasteiger partial charge in [-0.25, -0.2) is 4.79 Å². The van der Waals surface area contributed by atoms with E-state index in [0.717, 1.165) is 16.5 Å². The fraction of sp³-hybridized carbons (Fsp3) is 0.263. The number of hydrogen-bond donors (Lipinski definition) is 2. The van der Waals surface area contributed by atoms with E-state index in [0.29, 0.717) is 12.2 Å². The van der Waals surface area contributed by atoms with Crippen LogP contribution < -0.4 is 5.32 Å². The van der Waals surface area contributed by atoms with Crippen LogP contribution in [0.1, 0.15) is 57.9 Å². The summed E-state index contributed by atoms with van der Waals surface area (Å²) in [6, 6.07) is 8.53. The Morgan fingerprint density at radius 3 is 2.56 bits per heavy atom. The molecule has 0 radical (unpaired) electrons. The average Bonchev–Trinajstić information content (AvgIpc) is 3.17. The molecule has 2 N–H and O–H groups in total. The van der Waals surface area contributed by atoms with Crippen LogP contribution in [0, 0.1) is 6.92 Å². The molecular formula is C19H19NO5. The molecule has 0 aliphatic rings. The topological polar surface area (TPSA) is 92.7 Å². The zero-order valence-corrected chi connectivity index (χ0v) is 14.3. The number of amides is 1. The fourth-order valence-electron chi connectivity index (χ4n) is 2.92. The van der Waals surface area contributed by atoms with Gasteiger partial charge in [0, 0.05) is 23.4 Å². The first kappa shape index (κ1) is 16.8. The van der Waals surface area contributed by atoms with E-state index in [-0.39, 0.29) is 23.1 Å². The fourth-order valence-corrected chi connectivity index (χ4v) is 2.92. The first-order valence-corrected chi connectivity index (χ1v) is 8.07. The number of rotatable bonds is 5. The number of hydrogen-bond acceptors (Lipinski definition) is 4. The minimum absolute atomic E-state index is 0.0141. The molecule has 3 aromatic rings. The van der Waals surface area contributed by atoms with Crippen LogP contribution in [0.25, 0.3) is 11.0 Å². The predicted octanol–water partition coefficient (Wildman–Crippen LogP) is 4.09. The van der Waals surface area contributed by atoms with E-state index in [2.05, 4.69) is 5.32 Å². The number of benzene rings is 1. The lowest BCUT2D eigenvalue weighted by Gasteiger charge is -2.11. The largest absolute Gasteiger partial charge is 0.478 e. The Bertz CT molecular complexity index is 950. The number of carbonyl (C=O) groups excluding carboxylic acids is 1. The Balaban J connectivity index is 1.85. The number of aromatic carboxylic acids is 1. The van der Waals surface area contributed by atoms with Crippen molar-refractivity contribution in [1.29, 1.82) is 0 Å². The number of para-hydroxylation sites is 1. The third kappa shape index (κ3) is 3.03. The van der Waals surface area contributed by atoms with Crippen molar-refractivity contribution in [1.82, 2.24) is 5.32 Å². The van der Waals surface area contributed by atoms with Gasteiger partial charge in [0.1, 0.15) is 22.7 Å². The summed E-state index contributed by atoms with van der Waals surface area (Å²) in [5, 5.41) is 13.0. The summed E-state index contributed by atoms with van der Waals surface area (Å²) < 4.78 is 11.2. The van der Waals surface area contributed by atoms with Gasteiger partial charge in [-0.2, -0.15) is 0 Å². The van der Waals surface area contributed by atoms with E-state index < -0.39 is 11.9 Å². The molecule has 0 spiro atoms. The highest BCUT2D eigenvalue weighted by Gasteiger charge is 2.23. The molecule has 1 aromatic carbocycles. The van der Waals surface area contributed by atoms with Crippen LogP contribution in [-0.4, -0.2) is 17.0 Å². The maximum Gasteiger partial charge on any atom is 0.339 e. The van der Waals surface area contributed by atoms with E-state index in [1.54, 1.807) is 6.92 Å². The highest BCUT2D eigenvalue weighted by atomic mass is 16.4. The zero-order valence-electron chi connectivity index (χ0n) is 14.3. The smallest absolute Gasteiger partial charge is 0.339 e. The van der Waals surface area contributed by atoms with Gasteiger partial charge in [-0.05, 0) is 19.9 Å². The van der Waals surface area contributed by atoms with Crippen LogP contribution in [-0.2, 0) is 6.42 Å². The lowest BCUT2D eigenvalue weighted by molar-refractivity contribution is 0.0694. The zero-order chi connectivity index (χ0) is 18.1. The number of carboxylic acids is 1. The lowest BCUT2D eigenvalue weighted by Crippen LogP contribution is -2.26. The number of carbonyl (C=O) groups is 2. The van der Waals surface area contributed by atoms with Gasteiger partial charge in [0.2, 0.25) is 0 Å². The van der Waals surface area contributed by atoms with E-state index in [4.69, 9.17) is 13.9 Å². The van der Waals surface area contributed by atoms with Gasteiger partial charge in [0.05, 0.1) is 6.04 Å². The summed E-state index contributed by atoms with van der Waals surface area (Å²) in [4.78, 5) is 23.6. The summed E-state index contributed by atoms with van der Waals surface area (Å²) in [7, 11) is 0. The van der Waals surface area contributed by atoms with Crippen LogP contribution in [0.3, 0.4) is 0 Å². The number of fused-ring (bicyclic) bond motifs is 1. The molecule has 0 aliphatic heterocycles. The summed E-state index contributed by atoms with van der Waals surface area (Å²) in [5.41, 5.74) is 1.74. The van der Waals surface area contributed by atoms with E-state index >= 15 is 0 Å². The Morgan fingerprint density at radius 2 is 1.96 bits per heavy atom. The second-order valence-corrected chi connectivity index (χ2v) is 5.89. The molecule has 0 aliphatic carbocycles. The van der Waals surface area contributed by atoms with Gasteiger partial charge < -0.3 is 19.3 Å². The number of carboxylic acid groups (broad SMARTS) is 1. The SMILES string of the molecule is CCc1oc(C(=O)N[C@@H](C)c2oc3ccccc3c2C)cc1C(=O)O. The molecule has 25 heavy (non-hydrogen) atoms. The van der Waals surface area contributed by atoms with Gasteiger partial charge in [-0.3, -0.25) is 4.79 Å². The van der Waals surface area contributed by atoms with Gasteiger partial charge >= 0.3 is 5.97 Å². The second kappa shape index (κ2) is 6.47. The molecule has 2 heterocycles. The number of furan rings is 2. The molecule has 6 nitrogen and oxygen atoms in total. The minimum Gasteiger partial charge on any atom is -0.478 e. The first-order valence-electron chi connectivity index (χ1n) is 8.07. The summed E-state index contributed by atoms with van der Waals surface area (Å²) >= 11 is 0. The second-order valence-electron chi connectivity index (χ2n) is 5.89. The van der Waals surface area contributed by atoms with E-state index in [1.165, 1.54) is 6.07 Å². The molecule has 0 bridgehead atoms. The summed E-state index contributed by atoms with van der Waals surface area (Å²) in [5.74, 6) is -0.661. The molecule has 0 unspecified atom stereocenters. The molecule has 1 atom stereocenters. The van der Waals surface area contributed by atoms with Crippen LogP contribution >= 0.6 is 0 Å². The van der Waals surface area contributed by atoms with Crippen molar-refractivity contribution < 1.29 is 23.5 Å². The number of nitrogens with one attached hydrogen (secondary N) is 1. The first-order chi connectivity index (χ1) is 11.9. The van der Waals surface area contributed by atoms with Gasteiger partial charge in [0.15, 0.2) is 5.76 Å². The predicted molar refractivity (Wildman–Crippen MR) is 91.9 cm³/mol. The van der Waals surface area contributed by atoms with E-state index in [9.17, 15) is 9.59 Å². The van der Waals surface area contributed by atoms with Crippen molar-refractivity contribution in [2.75, 3.05) is 0 Å². The average molecular weight is 341 g/mol. The van der Waals surface area contributed by atoms with Gasteiger partial charge in [0.25, 0.3) is 5.91 Å². The third-order valence-electron chi connectivity index (χ3n) is 4.21. The highest BCUT2D eigenvalue weighted by molar-refractivity contribution is 5.96. The quantitative estimate of drug-likeness (QED) is 0.729. The standard InChI is InChI=1S/C19H19NO5/c1-4-14-13(19(22)23)9-16(24-14)18(21)20-11(3)17-10(2)12-7-5-6-8-15(12)25-17/h5-9,11H,4H2,1-3H3,(H,20,21)(H,22,23)/t11-/m0/s1. The van der Waals surface area contributed by atoms with Crippen molar-refractivity contribution in [3.63, 3.8) is 0 Å². The van der Waals surface area contributed by atoms with Crippen LogP contribution in [0.4, 0.5) is 0 Å². The Hall–Kier alpha value is -3.02. The van der Waals surface area contributed by atoms with Gasteiger partial charge in [-0.1, -0.05) is 25.1 Å². The Kier molecular flexibility index (Phi) is 4.35. The highest BCUT2D eigenvalue weighted by Crippen LogP contribution is 2.29. The van der Waals surface area contributed by atoms with Crippen molar-refractivity contribution in [3.8, 4) is 0 Å². The van der Waals surface area contributed by atoms with Crippen LogP contribution in [0.15, 0.2) is 39.2 Å². The normalized spacial score (nSPS) is 12.3. The van der Waals surface area contributed by atoms with Crippen molar-refractivity contribution in [2.24, 2.45) is 0 Å². The minimum atomic E-state index is -1.11. The molecule has 1 amide bonds. The lowest BCUT2D eigenvalue weighted by atomic mass is 10.1. The van der Waals surface area contributed by atoms with Crippen LogP contribution in [0.2, 0.25) is 0 Å². The molecule has 3 rings (SSSR count). The van der Waals surface area contributed by atoms with Crippen molar-refractivity contribution >= 4 is 22.8 Å². The molecule has 6 heteroatoms. The molecule has 2 aromatic heterocycles. The Morgan fingerprint density at radius 1 is 1.24 bits per heavy atom. The van der Waals surface area contributed by atoms with Crippen LogP contribution in [0.5, 0.6) is 0 Å². The maximum atomic E-state index is 12.4. The number of aryl methyl sites for hydroxylation is 2. The molecule has 0 saturated carbocycles. The van der Waals surface area contributed by atoms with Crippen molar-refractivity contribution in [3.05, 3.63) is 58.7 Å². The molecule has 0 fully saturated rings. The monoisotopic (exact) mass is 341 g/mol.